The van der Waals surface area contributed by atoms with E-state index in [-0.39, 0.29) is 17.1 Å². The van der Waals surface area contributed by atoms with Crippen LogP contribution in [-0.4, -0.2) is 19.0 Å². The van der Waals surface area contributed by atoms with Gasteiger partial charge in [-0.2, -0.15) is 0 Å². The van der Waals surface area contributed by atoms with Crippen LogP contribution in [0.2, 0.25) is 10.0 Å². The first-order valence-corrected chi connectivity index (χ1v) is 8.55. The minimum atomic E-state index is -0.578. The fourth-order valence-corrected chi connectivity index (χ4v) is 3.18. The van der Waals surface area contributed by atoms with E-state index < -0.39 is 5.97 Å². The predicted octanol–water partition coefficient (Wildman–Crippen LogP) is 4.87. The fraction of sp³-hybridized carbons (Fsp3) is 0.100. The number of carbonyl (C=O) groups excluding carboxylic acids is 2. The average molecular weight is 388 g/mol. The first-order valence-electron chi connectivity index (χ1n) is 7.80. The van der Waals surface area contributed by atoms with Gasteiger partial charge in [0.15, 0.2) is 0 Å². The van der Waals surface area contributed by atoms with Gasteiger partial charge in [0, 0.05) is 10.7 Å². The van der Waals surface area contributed by atoms with Crippen LogP contribution in [-0.2, 0) is 14.3 Å². The van der Waals surface area contributed by atoms with Gasteiger partial charge in [-0.25, -0.2) is 4.79 Å². The summed E-state index contributed by atoms with van der Waals surface area (Å²) in [5.74, 6) is -0.920. The summed E-state index contributed by atoms with van der Waals surface area (Å²) < 4.78 is 4.88. The Kier molecular flexibility index (Phi) is 5.16. The molecule has 132 valence electrons. The largest absolute Gasteiger partial charge is 0.465 e. The van der Waals surface area contributed by atoms with E-state index in [0.29, 0.717) is 21.4 Å². The number of hydrogen-bond acceptors (Lipinski definition) is 3. The lowest BCUT2D eigenvalue weighted by molar-refractivity contribution is -0.136. The van der Waals surface area contributed by atoms with Crippen LogP contribution in [0.3, 0.4) is 0 Å². The van der Waals surface area contributed by atoms with Gasteiger partial charge in [-0.1, -0.05) is 47.5 Å². The summed E-state index contributed by atoms with van der Waals surface area (Å²) in [5, 5.41) is 1.000. The molecule has 1 heterocycles. The highest BCUT2D eigenvalue weighted by molar-refractivity contribution is 6.35. The molecule has 0 spiro atoms. The number of allylic oxidation sites excluding steroid dienone is 1. The minimum absolute atomic E-state index is 0.215. The molecule has 0 aliphatic carbocycles. The van der Waals surface area contributed by atoms with Gasteiger partial charge in [0.1, 0.15) is 0 Å². The summed E-state index contributed by atoms with van der Waals surface area (Å²) in [6, 6.07) is 13.9. The monoisotopic (exact) mass is 387 g/mol. The molecule has 0 fully saturated rings. The van der Waals surface area contributed by atoms with Gasteiger partial charge in [0.2, 0.25) is 0 Å². The van der Waals surface area contributed by atoms with Gasteiger partial charge in [-0.3, -0.25) is 9.69 Å². The second-order valence-electron chi connectivity index (χ2n) is 5.65. The van der Waals surface area contributed by atoms with Gasteiger partial charge < -0.3 is 4.74 Å². The van der Waals surface area contributed by atoms with Crippen molar-refractivity contribution in [1.29, 1.82) is 0 Å². The summed E-state index contributed by atoms with van der Waals surface area (Å²) in [6.45, 7) is 1.69. The lowest BCUT2D eigenvalue weighted by Gasteiger charge is -2.19. The lowest BCUT2D eigenvalue weighted by atomic mass is 10.0. The molecule has 0 saturated heterocycles. The van der Waals surface area contributed by atoms with Crippen LogP contribution < -0.4 is 4.90 Å². The highest BCUT2D eigenvalue weighted by Gasteiger charge is 2.38. The molecular formula is C20H15Cl2NO3. The quantitative estimate of drug-likeness (QED) is 0.557. The molecule has 4 nitrogen and oxygen atoms in total. The Balaban J connectivity index is 2.16. The molecule has 0 unspecified atom stereocenters. The predicted molar refractivity (Wildman–Crippen MR) is 103 cm³/mol. The highest BCUT2D eigenvalue weighted by Crippen LogP contribution is 2.38. The van der Waals surface area contributed by atoms with Crippen molar-refractivity contribution < 1.29 is 14.3 Å². The topological polar surface area (TPSA) is 46.6 Å². The van der Waals surface area contributed by atoms with Gasteiger partial charge >= 0.3 is 5.97 Å². The molecule has 1 amide bonds. The van der Waals surface area contributed by atoms with Crippen LogP contribution in [0.4, 0.5) is 5.69 Å². The van der Waals surface area contributed by atoms with Crippen LogP contribution >= 0.6 is 23.2 Å². The van der Waals surface area contributed by atoms with E-state index >= 15 is 0 Å². The normalized spacial score (nSPS) is 15.8. The fourth-order valence-electron chi connectivity index (χ4n) is 2.83. The number of amides is 1. The third kappa shape index (κ3) is 3.26. The summed E-state index contributed by atoms with van der Waals surface area (Å²) in [5.41, 5.74) is 2.18. The number of halogens is 2. The Bertz CT molecular complexity index is 946. The molecule has 2 aromatic rings. The van der Waals surface area contributed by atoms with Crippen LogP contribution in [0.5, 0.6) is 0 Å². The molecule has 0 aromatic heterocycles. The molecule has 0 atom stereocenters. The molecular weight excluding hydrogens is 373 g/mol. The zero-order valence-electron chi connectivity index (χ0n) is 14.1. The second-order valence-corrected chi connectivity index (χ2v) is 6.50. The van der Waals surface area contributed by atoms with Gasteiger partial charge in [-0.05, 0) is 42.8 Å². The number of benzene rings is 2. The molecule has 3 rings (SSSR count). The number of rotatable bonds is 3. The van der Waals surface area contributed by atoms with E-state index in [1.807, 2.05) is 0 Å². The zero-order valence-corrected chi connectivity index (χ0v) is 15.6. The van der Waals surface area contributed by atoms with Crippen molar-refractivity contribution in [3.8, 4) is 0 Å². The van der Waals surface area contributed by atoms with E-state index in [9.17, 15) is 9.59 Å². The van der Waals surface area contributed by atoms with Crippen LogP contribution in [0.25, 0.3) is 6.08 Å². The standard InChI is InChI=1S/C20H15Cl2NO3/c1-12-18(20(25)26-2)15(11-13-7-9-14(21)10-8-13)19(24)23(12)17-6-4-3-5-16(17)22/h3-11H,1-2H3/b15-11-. The Morgan fingerprint density at radius 2 is 1.73 bits per heavy atom. The van der Waals surface area contributed by atoms with Gasteiger partial charge in [0.05, 0.1) is 29.0 Å². The van der Waals surface area contributed by atoms with E-state index in [2.05, 4.69) is 0 Å². The lowest BCUT2D eigenvalue weighted by Crippen LogP contribution is -2.24. The number of carbonyl (C=O) groups is 2. The van der Waals surface area contributed by atoms with Crippen molar-refractivity contribution in [2.24, 2.45) is 0 Å². The number of para-hydroxylation sites is 1. The molecule has 1 aliphatic heterocycles. The highest BCUT2D eigenvalue weighted by atomic mass is 35.5. The van der Waals surface area contributed by atoms with Crippen molar-refractivity contribution in [1.82, 2.24) is 0 Å². The third-order valence-corrected chi connectivity index (χ3v) is 4.64. The molecule has 0 N–H and O–H groups in total. The maximum Gasteiger partial charge on any atom is 0.340 e. The van der Waals surface area contributed by atoms with E-state index in [1.165, 1.54) is 12.0 Å². The third-order valence-electron chi connectivity index (χ3n) is 4.06. The van der Waals surface area contributed by atoms with E-state index in [4.69, 9.17) is 27.9 Å². The maximum absolute atomic E-state index is 13.1. The Hall–Kier alpha value is -2.56. The molecule has 0 saturated carbocycles. The summed E-state index contributed by atoms with van der Waals surface area (Å²) in [4.78, 5) is 26.9. The second kappa shape index (κ2) is 7.36. The summed E-state index contributed by atoms with van der Waals surface area (Å²) in [7, 11) is 1.28. The van der Waals surface area contributed by atoms with E-state index in [1.54, 1.807) is 61.5 Å². The van der Waals surface area contributed by atoms with Crippen LogP contribution in [0, 0.1) is 0 Å². The van der Waals surface area contributed by atoms with Crippen molar-refractivity contribution in [3.05, 3.63) is 81.0 Å². The Morgan fingerprint density at radius 1 is 1.08 bits per heavy atom. The van der Waals surface area contributed by atoms with Gasteiger partial charge in [-0.15, -0.1) is 0 Å². The number of esters is 1. The summed E-state index contributed by atoms with van der Waals surface area (Å²) in [6.07, 6.45) is 1.64. The van der Waals surface area contributed by atoms with Crippen molar-refractivity contribution in [3.63, 3.8) is 0 Å². The van der Waals surface area contributed by atoms with E-state index in [0.717, 1.165) is 5.56 Å². The molecule has 0 radical (unpaired) electrons. The van der Waals surface area contributed by atoms with Crippen LogP contribution in [0.15, 0.2) is 65.4 Å². The first kappa shape index (κ1) is 18.2. The molecule has 26 heavy (non-hydrogen) atoms. The zero-order chi connectivity index (χ0) is 18.8. The number of anilines is 1. The average Bonchev–Trinajstić information content (AvgIpc) is 2.87. The minimum Gasteiger partial charge on any atom is -0.465 e. The van der Waals surface area contributed by atoms with Crippen LogP contribution in [0.1, 0.15) is 12.5 Å². The van der Waals surface area contributed by atoms with Crippen molar-refractivity contribution >= 4 is 46.8 Å². The van der Waals surface area contributed by atoms with Gasteiger partial charge in [0.25, 0.3) is 5.91 Å². The number of hydrogen-bond donors (Lipinski definition) is 0. The number of ether oxygens (including phenoxy) is 1. The molecule has 0 bridgehead atoms. The SMILES string of the molecule is COC(=O)C1=C(C)N(c2ccccc2Cl)C(=O)/C1=C\c1ccc(Cl)cc1. The smallest absolute Gasteiger partial charge is 0.340 e. The summed E-state index contributed by atoms with van der Waals surface area (Å²) >= 11 is 12.2. The van der Waals surface area contributed by atoms with Crippen molar-refractivity contribution in [2.45, 2.75) is 6.92 Å². The number of nitrogens with zero attached hydrogens (tertiary/aromatic N) is 1. The molecule has 2 aromatic carbocycles. The first-order chi connectivity index (χ1) is 12.4. The Labute approximate surface area is 161 Å². The Morgan fingerprint density at radius 3 is 2.35 bits per heavy atom. The number of methoxy groups -OCH3 is 1. The maximum atomic E-state index is 13.1. The van der Waals surface area contributed by atoms with Crippen molar-refractivity contribution in [2.75, 3.05) is 12.0 Å². The molecule has 1 aliphatic rings. The molecule has 6 heteroatoms.